The number of rotatable bonds is 6. The van der Waals surface area contributed by atoms with Gasteiger partial charge in [0.15, 0.2) is 0 Å². The lowest BCUT2D eigenvalue weighted by molar-refractivity contribution is -0.142. The highest BCUT2D eigenvalue weighted by atomic mass is 19.4. The standard InChI is InChI=1S/C16H17F3N4O/c17-16(18,19)14-7-8-21-23(14)13-5-3-12(4-6-13)22-15(24)10-20-9-11-1-2-11/h3-8,11,20H,1-2,9-10H2,(H,22,24). The van der Waals surface area contributed by atoms with Crippen LogP contribution in [0, 0.1) is 5.92 Å². The summed E-state index contributed by atoms with van der Waals surface area (Å²) in [4.78, 5) is 11.8. The first kappa shape index (κ1) is 16.5. The van der Waals surface area contributed by atoms with E-state index in [1.807, 2.05) is 0 Å². The maximum atomic E-state index is 12.9. The Balaban J connectivity index is 1.61. The maximum Gasteiger partial charge on any atom is 0.433 e. The number of alkyl halides is 3. The van der Waals surface area contributed by atoms with Crippen molar-refractivity contribution in [2.45, 2.75) is 19.0 Å². The fourth-order valence-corrected chi connectivity index (χ4v) is 2.33. The van der Waals surface area contributed by atoms with Gasteiger partial charge < -0.3 is 10.6 Å². The largest absolute Gasteiger partial charge is 0.433 e. The summed E-state index contributed by atoms with van der Waals surface area (Å²) in [5.74, 6) is 0.507. The van der Waals surface area contributed by atoms with Crippen LogP contribution in [0.1, 0.15) is 18.5 Å². The van der Waals surface area contributed by atoms with Crippen molar-refractivity contribution >= 4 is 11.6 Å². The quantitative estimate of drug-likeness (QED) is 0.851. The normalized spacial score (nSPS) is 14.6. The Morgan fingerprint density at radius 1 is 1.21 bits per heavy atom. The van der Waals surface area contributed by atoms with Gasteiger partial charge in [0.25, 0.3) is 0 Å². The predicted octanol–water partition coefficient (Wildman–Crippen LogP) is 2.83. The molecule has 1 heterocycles. The zero-order chi connectivity index (χ0) is 17.2. The zero-order valence-corrected chi connectivity index (χ0v) is 12.8. The molecule has 1 aliphatic carbocycles. The molecule has 1 aliphatic rings. The fraction of sp³-hybridized carbons (Fsp3) is 0.375. The Bertz CT molecular complexity index is 705. The van der Waals surface area contributed by atoms with Gasteiger partial charge in [-0.25, -0.2) is 4.68 Å². The maximum absolute atomic E-state index is 12.9. The van der Waals surface area contributed by atoms with E-state index in [9.17, 15) is 18.0 Å². The molecule has 8 heteroatoms. The summed E-state index contributed by atoms with van der Waals surface area (Å²) in [6, 6.07) is 6.98. The number of hydrogen-bond donors (Lipinski definition) is 2. The molecule has 1 fully saturated rings. The smallest absolute Gasteiger partial charge is 0.325 e. The van der Waals surface area contributed by atoms with Gasteiger partial charge in [-0.15, -0.1) is 0 Å². The number of benzene rings is 1. The monoisotopic (exact) mass is 338 g/mol. The highest BCUT2D eigenvalue weighted by molar-refractivity contribution is 5.92. The zero-order valence-electron chi connectivity index (χ0n) is 12.8. The van der Waals surface area contributed by atoms with Gasteiger partial charge in [-0.3, -0.25) is 4.79 Å². The van der Waals surface area contributed by atoms with E-state index in [4.69, 9.17) is 0 Å². The van der Waals surface area contributed by atoms with Crippen molar-refractivity contribution < 1.29 is 18.0 Å². The van der Waals surface area contributed by atoms with Gasteiger partial charge >= 0.3 is 6.18 Å². The number of nitrogens with one attached hydrogen (secondary N) is 2. The number of amides is 1. The molecular weight excluding hydrogens is 321 g/mol. The molecule has 0 unspecified atom stereocenters. The van der Waals surface area contributed by atoms with Crippen molar-refractivity contribution in [1.29, 1.82) is 0 Å². The van der Waals surface area contributed by atoms with Crippen LogP contribution in [-0.2, 0) is 11.0 Å². The molecule has 1 aromatic carbocycles. The van der Waals surface area contributed by atoms with Crippen molar-refractivity contribution in [3.63, 3.8) is 0 Å². The molecule has 3 rings (SSSR count). The topological polar surface area (TPSA) is 59.0 Å². The van der Waals surface area contributed by atoms with Gasteiger partial charge in [0.2, 0.25) is 5.91 Å². The summed E-state index contributed by atoms with van der Waals surface area (Å²) in [6.45, 7) is 1.06. The molecule has 1 amide bonds. The molecular formula is C16H17F3N4O. The van der Waals surface area contributed by atoms with Crippen LogP contribution in [0.25, 0.3) is 5.69 Å². The molecule has 24 heavy (non-hydrogen) atoms. The lowest BCUT2D eigenvalue weighted by atomic mass is 10.2. The molecule has 2 aromatic rings. The number of hydrogen-bond acceptors (Lipinski definition) is 3. The van der Waals surface area contributed by atoms with Gasteiger partial charge in [-0.05, 0) is 55.6 Å². The lowest BCUT2D eigenvalue weighted by Crippen LogP contribution is -2.29. The van der Waals surface area contributed by atoms with Gasteiger partial charge in [-0.2, -0.15) is 18.3 Å². The molecule has 1 saturated carbocycles. The average Bonchev–Trinajstić information content (AvgIpc) is 3.20. The first-order valence-corrected chi connectivity index (χ1v) is 7.66. The third-order valence-corrected chi connectivity index (χ3v) is 3.74. The highest BCUT2D eigenvalue weighted by Crippen LogP contribution is 2.30. The molecule has 0 bridgehead atoms. The first-order valence-electron chi connectivity index (χ1n) is 7.66. The highest BCUT2D eigenvalue weighted by Gasteiger charge is 2.35. The summed E-state index contributed by atoms with van der Waals surface area (Å²) in [7, 11) is 0. The van der Waals surface area contributed by atoms with Crippen molar-refractivity contribution in [3.05, 3.63) is 42.2 Å². The number of halogens is 3. The van der Waals surface area contributed by atoms with Crippen LogP contribution < -0.4 is 10.6 Å². The summed E-state index contributed by atoms with van der Waals surface area (Å²) < 4.78 is 39.4. The van der Waals surface area contributed by atoms with Gasteiger partial charge in [0, 0.05) is 5.69 Å². The van der Waals surface area contributed by atoms with Gasteiger partial charge in [-0.1, -0.05) is 0 Å². The third-order valence-electron chi connectivity index (χ3n) is 3.74. The Morgan fingerprint density at radius 3 is 2.54 bits per heavy atom. The van der Waals surface area contributed by atoms with Crippen LogP contribution in [-0.4, -0.2) is 28.8 Å². The molecule has 0 aliphatic heterocycles. The average molecular weight is 338 g/mol. The van der Waals surface area contributed by atoms with Crippen LogP contribution in [0.15, 0.2) is 36.5 Å². The van der Waals surface area contributed by atoms with Crippen LogP contribution in [0.3, 0.4) is 0 Å². The summed E-state index contributed by atoms with van der Waals surface area (Å²) >= 11 is 0. The SMILES string of the molecule is O=C(CNCC1CC1)Nc1ccc(-n2nccc2C(F)(F)F)cc1. The molecule has 2 N–H and O–H groups in total. The van der Waals surface area contributed by atoms with E-state index in [0.717, 1.165) is 23.5 Å². The summed E-state index contributed by atoms with van der Waals surface area (Å²) in [6.07, 6.45) is -0.951. The molecule has 128 valence electrons. The van der Waals surface area contributed by atoms with Crippen molar-refractivity contribution in [2.75, 3.05) is 18.4 Å². The second kappa shape index (κ2) is 6.64. The summed E-state index contributed by atoms with van der Waals surface area (Å²) in [5, 5.41) is 9.48. The van der Waals surface area contributed by atoms with E-state index in [0.29, 0.717) is 11.6 Å². The van der Waals surface area contributed by atoms with Crippen LogP contribution in [0.4, 0.5) is 18.9 Å². The summed E-state index contributed by atoms with van der Waals surface area (Å²) in [5.41, 5.74) is -0.0431. The van der Waals surface area contributed by atoms with Crippen molar-refractivity contribution in [1.82, 2.24) is 15.1 Å². The van der Waals surface area contributed by atoms with Gasteiger partial charge in [0.05, 0.1) is 18.4 Å². The van der Waals surface area contributed by atoms with E-state index < -0.39 is 11.9 Å². The Kier molecular flexibility index (Phi) is 4.57. The van der Waals surface area contributed by atoms with E-state index in [2.05, 4.69) is 15.7 Å². The molecule has 1 aromatic heterocycles. The second-order valence-electron chi connectivity index (χ2n) is 5.80. The number of carbonyl (C=O) groups excluding carboxylic acids is 1. The minimum absolute atomic E-state index is 0.182. The first-order chi connectivity index (χ1) is 11.4. The number of aromatic nitrogens is 2. The molecule has 0 radical (unpaired) electrons. The molecule has 5 nitrogen and oxygen atoms in total. The van der Waals surface area contributed by atoms with Crippen LogP contribution in [0.5, 0.6) is 0 Å². The Hall–Kier alpha value is -2.35. The molecule has 0 spiro atoms. The van der Waals surface area contributed by atoms with E-state index >= 15 is 0 Å². The van der Waals surface area contributed by atoms with Crippen LogP contribution in [0.2, 0.25) is 0 Å². The minimum Gasteiger partial charge on any atom is -0.325 e. The van der Waals surface area contributed by atoms with Crippen molar-refractivity contribution in [2.24, 2.45) is 5.92 Å². The third kappa shape index (κ3) is 4.14. The second-order valence-corrected chi connectivity index (χ2v) is 5.80. The number of nitrogens with zero attached hydrogens (tertiary/aromatic N) is 2. The number of anilines is 1. The lowest BCUT2D eigenvalue weighted by Gasteiger charge is -2.11. The van der Waals surface area contributed by atoms with Crippen molar-refractivity contribution in [3.8, 4) is 5.69 Å². The van der Waals surface area contributed by atoms with Crippen LogP contribution >= 0.6 is 0 Å². The Morgan fingerprint density at radius 2 is 1.92 bits per heavy atom. The fourth-order valence-electron chi connectivity index (χ4n) is 2.33. The minimum atomic E-state index is -4.48. The molecule has 0 saturated heterocycles. The predicted molar refractivity (Wildman–Crippen MR) is 82.8 cm³/mol. The molecule has 0 atom stereocenters. The van der Waals surface area contributed by atoms with E-state index in [1.165, 1.54) is 25.0 Å². The Labute approximate surface area is 136 Å². The number of carbonyl (C=O) groups is 1. The van der Waals surface area contributed by atoms with E-state index in [1.54, 1.807) is 12.1 Å². The van der Waals surface area contributed by atoms with Gasteiger partial charge in [0.1, 0.15) is 5.69 Å². The van der Waals surface area contributed by atoms with E-state index in [-0.39, 0.29) is 18.1 Å².